The Balaban J connectivity index is 1.31. The number of aromatic nitrogens is 2. The van der Waals surface area contributed by atoms with Crippen molar-refractivity contribution in [3.05, 3.63) is 54.4 Å². The van der Waals surface area contributed by atoms with E-state index in [-0.39, 0.29) is 18.0 Å². The molecular formula is C23H31N5O2. The molecule has 2 heterocycles. The van der Waals surface area contributed by atoms with Crippen molar-refractivity contribution in [2.24, 2.45) is 0 Å². The zero-order chi connectivity index (χ0) is 20.8. The molecule has 2 N–H and O–H groups in total. The molecule has 1 unspecified atom stereocenters. The number of likely N-dealkylation sites (tertiary alicyclic amines) is 1. The fourth-order valence-corrected chi connectivity index (χ4v) is 4.51. The number of carbonyl (C=O) groups excluding carboxylic acids is 2. The molecule has 0 radical (unpaired) electrons. The Morgan fingerprint density at radius 3 is 2.27 bits per heavy atom. The Bertz CT molecular complexity index is 809. The lowest BCUT2D eigenvalue weighted by Gasteiger charge is -2.34. The zero-order valence-electron chi connectivity index (χ0n) is 17.4. The molecule has 2 aliphatic rings. The van der Waals surface area contributed by atoms with Gasteiger partial charge in [-0.25, -0.2) is 4.79 Å². The predicted octanol–water partition coefficient (Wildman–Crippen LogP) is 3.10. The van der Waals surface area contributed by atoms with Crippen molar-refractivity contribution in [2.75, 3.05) is 13.1 Å². The van der Waals surface area contributed by atoms with E-state index < -0.39 is 6.04 Å². The molecule has 0 spiro atoms. The smallest absolute Gasteiger partial charge is 0.317 e. The summed E-state index contributed by atoms with van der Waals surface area (Å²) in [6.45, 7) is 1.34. The van der Waals surface area contributed by atoms with E-state index in [0.717, 1.165) is 31.2 Å². The third-order valence-corrected chi connectivity index (χ3v) is 6.21. The van der Waals surface area contributed by atoms with Crippen LogP contribution in [0.4, 0.5) is 4.79 Å². The highest BCUT2D eigenvalue weighted by Gasteiger charge is 2.29. The van der Waals surface area contributed by atoms with Crippen LogP contribution in [0.3, 0.4) is 0 Å². The van der Waals surface area contributed by atoms with Gasteiger partial charge in [0.1, 0.15) is 0 Å². The normalized spacial score (nSPS) is 19.3. The molecule has 2 aromatic rings. The molecule has 1 saturated carbocycles. The molecule has 1 aliphatic carbocycles. The van der Waals surface area contributed by atoms with E-state index in [1.807, 2.05) is 47.5 Å². The highest BCUT2D eigenvalue weighted by atomic mass is 16.2. The summed E-state index contributed by atoms with van der Waals surface area (Å²) >= 11 is 0. The summed E-state index contributed by atoms with van der Waals surface area (Å²) in [6.07, 6.45) is 10.9. The summed E-state index contributed by atoms with van der Waals surface area (Å²) in [4.78, 5) is 27.6. The third kappa shape index (κ3) is 5.01. The van der Waals surface area contributed by atoms with E-state index in [2.05, 4.69) is 15.7 Å². The van der Waals surface area contributed by atoms with Crippen LogP contribution in [0.5, 0.6) is 0 Å². The van der Waals surface area contributed by atoms with Gasteiger partial charge in [-0.2, -0.15) is 5.10 Å². The van der Waals surface area contributed by atoms with E-state index in [0.29, 0.717) is 19.1 Å². The molecule has 30 heavy (non-hydrogen) atoms. The molecule has 160 valence electrons. The predicted molar refractivity (Wildman–Crippen MR) is 115 cm³/mol. The largest absolute Gasteiger partial charge is 0.351 e. The van der Waals surface area contributed by atoms with Gasteiger partial charge in [0.25, 0.3) is 0 Å². The lowest BCUT2D eigenvalue weighted by Crippen LogP contribution is -2.52. The Labute approximate surface area is 177 Å². The van der Waals surface area contributed by atoms with Crippen LogP contribution in [0.2, 0.25) is 0 Å². The number of carbonyl (C=O) groups is 2. The molecule has 2 fully saturated rings. The van der Waals surface area contributed by atoms with E-state index >= 15 is 0 Å². The van der Waals surface area contributed by atoms with Gasteiger partial charge in [0, 0.05) is 37.6 Å². The van der Waals surface area contributed by atoms with Crippen LogP contribution in [0, 0.1) is 0 Å². The van der Waals surface area contributed by atoms with E-state index in [1.54, 1.807) is 10.9 Å². The van der Waals surface area contributed by atoms with Crippen LogP contribution >= 0.6 is 0 Å². The maximum Gasteiger partial charge on any atom is 0.317 e. The zero-order valence-corrected chi connectivity index (χ0v) is 17.4. The number of benzene rings is 1. The van der Waals surface area contributed by atoms with Gasteiger partial charge in [-0.05, 0) is 37.3 Å². The minimum Gasteiger partial charge on any atom is -0.351 e. The first-order valence-electron chi connectivity index (χ1n) is 11.1. The van der Waals surface area contributed by atoms with E-state index in [1.165, 1.54) is 19.3 Å². The topological polar surface area (TPSA) is 79.3 Å². The molecule has 7 nitrogen and oxygen atoms in total. The van der Waals surface area contributed by atoms with Crippen LogP contribution < -0.4 is 10.6 Å². The average molecular weight is 410 g/mol. The van der Waals surface area contributed by atoms with Gasteiger partial charge in [-0.15, -0.1) is 0 Å². The highest BCUT2D eigenvalue weighted by Crippen LogP contribution is 2.20. The van der Waals surface area contributed by atoms with Crippen LogP contribution in [0.25, 0.3) is 0 Å². The molecule has 1 saturated heterocycles. The molecule has 1 aromatic heterocycles. The number of nitrogens with one attached hydrogen (secondary N) is 2. The van der Waals surface area contributed by atoms with E-state index in [4.69, 9.17) is 0 Å². The van der Waals surface area contributed by atoms with Crippen molar-refractivity contribution < 1.29 is 9.59 Å². The quantitative estimate of drug-likeness (QED) is 0.796. The molecule has 1 aliphatic heterocycles. The lowest BCUT2D eigenvalue weighted by atomic mass is 9.95. The van der Waals surface area contributed by atoms with Gasteiger partial charge in [-0.1, -0.05) is 49.6 Å². The number of urea groups is 1. The second kappa shape index (κ2) is 9.78. The number of piperidine rings is 1. The summed E-state index contributed by atoms with van der Waals surface area (Å²) in [7, 11) is 0. The standard InChI is InChI=1S/C23H31N5O2/c29-22(21(28-15-7-14-24-28)18-8-3-1-4-9-18)25-20-12-16-27(17-13-20)23(30)26-19-10-5-2-6-11-19/h1,3-4,7-9,14-15,19-21H,2,5-6,10-13,16-17H2,(H,25,29)(H,26,30). The molecular weight excluding hydrogens is 378 g/mol. The first kappa shape index (κ1) is 20.4. The van der Waals surface area contributed by atoms with Crippen molar-refractivity contribution in [1.82, 2.24) is 25.3 Å². The maximum absolute atomic E-state index is 13.1. The Morgan fingerprint density at radius 2 is 1.60 bits per heavy atom. The van der Waals surface area contributed by atoms with Crippen molar-refractivity contribution >= 4 is 11.9 Å². The second-order valence-corrected chi connectivity index (χ2v) is 8.35. The molecule has 1 aromatic carbocycles. The second-order valence-electron chi connectivity index (χ2n) is 8.35. The summed E-state index contributed by atoms with van der Waals surface area (Å²) in [5.41, 5.74) is 0.906. The third-order valence-electron chi connectivity index (χ3n) is 6.21. The maximum atomic E-state index is 13.1. The van der Waals surface area contributed by atoms with Gasteiger partial charge < -0.3 is 15.5 Å². The first-order valence-corrected chi connectivity index (χ1v) is 11.1. The SMILES string of the molecule is O=C(NC1CCN(C(=O)NC2CCCCC2)CC1)C(c1ccccc1)n1cccn1. The lowest BCUT2D eigenvalue weighted by molar-refractivity contribution is -0.124. The van der Waals surface area contributed by atoms with Crippen LogP contribution in [0.1, 0.15) is 56.6 Å². The fourth-order valence-electron chi connectivity index (χ4n) is 4.51. The average Bonchev–Trinajstić information content (AvgIpc) is 3.30. The molecule has 4 rings (SSSR count). The monoisotopic (exact) mass is 409 g/mol. The van der Waals surface area contributed by atoms with Gasteiger partial charge in [0.15, 0.2) is 6.04 Å². The van der Waals surface area contributed by atoms with Crippen LogP contribution in [-0.2, 0) is 4.79 Å². The van der Waals surface area contributed by atoms with Crippen molar-refractivity contribution in [2.45, 2.75) is 63.1 Å². The summed E-state index contributed by atoms with van der Waals surface area (Å²) in [5, 5.41) is 10.7. The first-order chi connectivity index (χ1) is 14.7. The molecule has 7 heteroatoms. The van der Waals surface area contributed by atoms with Crippen LogP contribution in [-0.4, -0.2) is 51.8 Å². The number of hydrogen-bond acceptors (Lipinski definition) is 3. The van der Waals surface area contributed by atoms with Gasteiger partial charge in [0.05, 0.1) is 0 Å². The fraction of sp³-hybridized carbons (Fsp3) is 0.522. The van der Waals surface area contributed by atoms with Gasteiger partial charge in [-0.3, -0.25) is 9.48 Å². The number of hydrogen-bond donors (Lipinski definition) is 2. The number of amides is 3. The Kier molecular flexibility index (Phi) is 6.67. The van der Waals surface area contributed by atoms with E-state index in [9.17, 15) is 9.59 Å². The van der Waals surface area contributed by atoms with Gasteiger partial charge in [0.2, 0.25) is 5.91 Å². The van der Waals surface area contributed by atoms with Gasteiger partial charge >= 0.3 is 6.03 Å². The minimum absolute atomic E-state index is 0.0466. The summed E-state index contributed by atoms with van der Waals surface area (Å²) in [6, 6.07) is 11.5. The Hall–Kier alpha value is -2.83. The minimum atomic E-state index is -0.492. The number of nitrogens with zero attached hydrogens (tertiary/aromatic N) is 3. The molecule has 1 atom stereocenters. The van der Waals surface area contributed by atoms with Crippen molar-refractivity contribution in [3.63, 3.8) is 0 Å². The summed E-state index contributed by atoms with van der Waals surface area (Å²) in [5.74, 6) is -0.0602. The Morgan fingerprint density at radius 1 is 0.900 bits per heavy atom. The number of rotatable bonds is 5. The summed E-state index contributed by atoms with van der Waals surface area (Å²) < 4.78 is 1.69. The van der Waals surface area contributed by atoms with Crippen molar-refractivity contribution in [3.8, 4) is 0 Å². The molecule has 0 bridgehead atoms. The van der Waals surface area contributed by atoms with Crippen molar-refractivity contribution in [1.29, 1.82) is 0 Å². The molecule has 3 amide bonds. The van der Waals surface area contributed by atoms with Crippen LogP contribution in [0.15, 0.2) is 48.8 Å². The highest BCUT2D eigenvalue weighted by molar-refractivity contribution is 5.83.